The van der Waals surface area contributed by atoms with Gasteiger partial charge in [-0.05, 0) is 82.1 Å². The zero-order valence-electron chi connectivity index (χ0n) is 27.1. The highest BCUT2D eigenvalue weighted by atomic mass is 32.2. The lowest BCUT2D eigenvalue weighted by atomic mass is 10.0. The van der Waals surface area contributed by atoms with E-state index in [1.165, 1.54) is 17.0 Å². The number of hydrogen-bond donors (Lipinski definition) is 1. The summed E-state index contributed by atoms with van der Waals surface area (Å²) in [6.45, 7) is 9.54. The van der Waals surface area contributed by atoms with Gasteiger partial charge in [-0.15, -0.1) is 0 Å². The Morgan fingerprint density at radius 3 is 1.96 bits per heavy atom. The van der Waals surface area contributed by atoms with E-state index in [1.54, 1.807) is 42.5 Å². The first-order valence-electron chi connectivity index (χ1n) is 15.4. The summed E-state index contributed by atoms with van der Waals surface area (Å²) in [5.74, 6) is -0.258. The van der Waals surface area contributed by atoms with Gasteiger partial charge in [0.05, 0.1) is 17.2 Å². The van der Waals surface area contributed by atoms with Crippen LogP contribution in [0.25, 0.3) is 0 Å². The van der Waals surface area contributed by atoms with E-state index in [2.05, 4.69) is 5.32 Å². The smallest absolute Gasteiger partial charge is 0.264 e. The molecule has 0 saturated heterocycles. The average Bonchev–Trinajstić information content (AvgIpc) is 3.03. The summed E-state index contributed by atoms with van der Waals surface area (Å²) in [6, 6.07) is 30.9. The number of rotatable bonds is 13. The number of sulfonamides is 1. The van der Waals surface area contributed by atoms with E-state index < -0.39 is 34.1 Å². The third-order valence-corrected chi connectivity index (χ3v) is 9.08. The maximum atomic E-state index is 14.6. The summed E-state index contributed by atoms with van der Waals surface area (Å²) >= 11 is 0. The summed E-state index contributed by atoms with van der Waals surface area (Å²) in [7, 11) is -4.18. The first-order chi connectivity index (χ1) is 21.9. The molecule has 0 heterocycles. The van der Waals surface area contributed by atoms with Crippen LogP contribution in [0.4, 0.5) is 5.69 Å². The van der Waals surface area contributed by atoms with E-state index in [9.17, 15) is 18.0 Å². The van der Waals surface area contributed by atoms with Crippen molar-refractivity contribution < 1.29 is 22.7 Å². The van der Waals surface area contributed by atoms with E-state index >= 15 is 0 Å². The van der Waals surface area contributed by atoms with Crippen molar-refractivity contribution in [2.24, 2.45) is 0 Å². The summed E-state index contributed by atoms with van der Waals surface area (Å²) in [4.78, 5) is 30.1. The van der Waals surface area contributed by atoms with E-state index in [0.717, 1.165) is 21.0 Å². The van der Waals surface area contributed by atoms with E-state index in [0.29, 0.717) is 18.0 Å². The van der Waals surface area contributed by atoms with Crippen LogP contribution in [0.2, 0.25) is 0 Å². The number of ether oxygens (including phenoxy) is 1. The summed E-state index contributed by atoms with van der Waals surface area (Å²) < 4.78 is 34.9. The molecule has 0 saturated carbocycles. The van der Waals surface area contributed by atoms with Crippen LogP contribution in [-0.4, -0.2) is 49.9 Å². The lowest BCUT2D eigenvalue weighted by Crippen LogP contribution is -2.56. The fourth-order valence-corrected chi connectivity index (χ4v) is 6.46. The Labute approximate surface area is 273 Å². The van der Waals surface area contributed by atoms with Crippen molar-refractivity contribution in [2.45, 2.75) is 64.1 Å². The number of aryl methyl sites for hydroxylation is 1. The summed E-state index contributed by atoms with van der Waals surface area (Å²) in [6.07, 6.45) is 0.245. The number of amides is 2. The highest BCUT2D eigenvalue weighted by molar-refractivity contribution is 7.92. The van der Waals surface area contributed by atoms with E-state index in [-0.39, 0.29) is 23.8 Å². The van der Waals surface area contributed by atoms with Crippen LogP contribution in [0.1, 0.15) is 44.4 Å². The van der Waals surface area contributed by atoms with Crippen LogP contribution in [0.15, 0.2) is 114 Å². The molecular weight excluding hydrogens is 598 g/mol. The Bertz CT molecular complexity index is 1690. The Hall–Kier alpha value is -4.63. The predicted molar refractivity (Wildman–Crippen MR) is 182 cm³/mol. The normalized spacial score (nSPS) is 12.2. The Morgan fingerprint density at radius 2 is 1.39 bits per heavy atom. The second kappa shape index (κ2) is 15.1. The largest absolute Gasteiger partial charge is 0.494 e. The van der Waals surface area contributed by atoms with Crippen molar-refractivity contribution in [3.05, 3.63) is 126 Å². The highest BCUT2D eigenvalue weighted by Gasteiger charge is 2.35. The van der Waals surface area contributed by atoms with Gasteiger partial charge in [0.15, 0.2) is 0 Å². The fourth-order valence-electron chi connectivity index (χ4n) is 5.02. The number of hydrogen-bond acceptors (Lipinski definition) is 5. The van der Waals surface area contributed by atoms with Crippen LogP contribution in [-0.2, 0) is 32.6 Å². The first kappa shape index (κ1) is 34.2. The van der Waals surface area contributed by atoms with E-state index in [4.69, 9.17) is 4.74 Å². The molecule has 0 unspecified atom stereocenters. The maximum absolute atomic E-state index is 14.6. The van der Waals surface area contributed by atoms with E-state index in [1.807, 2.05) is 89.2 Å². The predicted octanol–water partition coefficient (Wildman–Crippen LogP) is 6.14. The molecule has 1 N–H and O–H groups in total. The first-order valence-corrected chi connectivity index (χ1v) is 16.8. The molecule has 0 aliphatic carbocycles. The molecule has 0 spiro atoms. The van der Waals surface area contributed by atoms with Crippen molar-refractivity contribution in [2.75, 3.05) is 17.5 Å². The van der Waals surface area contributed by atoms with Gasteiger partial charge in [-0.25, -0.2) is 8.42 Å². The molecule has 242 valence electrons. The maximum Gasteiger partial charge on any atom is 0.264 e. The topological polar surface area (TPSA) is 96.0 Å². The molecule has 1 atom stereocenters. The van der Waals surface area contributed by atoms with Crippen molar-refractivity contribution >= 4 is 27.5 Å². The standard InChI is InChI=1S/C37H43N3O5S/c1-6-45-32-23-21-31(22-24-32)40(46(43,44)33-15-11-8-12-16-33)27-35(41)39(26-30-19-17-28(2)18-20-30)34(36(42)38-37(3,4)5)25-29-13-9-7-10-14-29/h7-24,34H,6,25-27H2,1-5H3,(H,38,42)/t34-/m1/s1. The average molecular weight is 642 g/mol. The zero-order chi connectivity index (χ0) is 33.3. The third kappa shape index (κ3) is 9.20. The number of nitrogens with one attached hydrogen (secondary N) is 1. The number of nitrogens with zero attached hydrogens (tertiary/aromatic N) is 2. The molecule has 4 rings (SSSR count). The molecule has 0 aliphatic heterocycles. The van der Waals surface area contributed by atoms with Gasteiger partial charge in [-0.3, -0.25) is 13.9 Å². The van der Waals surface area contributed by atoms with Gasteiger partial charge in [-0.2, -0.15) is 0 Å². The molecule has 4 aromatic carbocycles. The molecule has 0 bridgehead atoms. The minimum absolute atomic E-state index is 0.0491. The molecule has 0 aliphatic rings. The SMILES string of the molecule is CCOc1ccc(N(CC(=O)N(Cc2ccc(C)cc2)[C@H](Cc2ccccc2)C(=O)NC(C)(C)C)S(=O)(=O)c2ccccc2)cc1. The zero-order valence-corrected chi connectivity index (χ0v) is 28.0. The number of carbonyl (C=O) groups is 2. The lowest BCUT2D eigenvalue weighted by Gasteiger charge is -2.35. The number of anilines is 1. The molecule has 8 nitrogen and oxygen atoms in total. The molecular formula is C37H43N3O5S. The second-order valence-corrected chi connectivity index (χ2v) is 14.1. The Kier molecular flexibility index (Phi) is 11.2. The third-order valence-electron chi connectivity index (χ3n) is 7.29. The quantitative estimate of drug-likeness (QED) is 0.189. The molecule has 0 fully saturated rings. The van der Waals surface area contributed by atoms with Gasteiger partial charge in [0.1, 0.15) is 18.3 Å². The van der Waals surface area contributed by atoms with Crippen LogP contribution in [0.3, 0.4) is 0 Å². The van der Waals surface area contributed by atoms with Gasteiger partial charge in [0.25, 0.3) is 10.0 Å². The van der Waals surface area contributed by atoms with Crippen LogP contribution < -0.4 is 14.4 Å². The number of benzene rings is 4. The van der Waals surface area contributed by atoms with Gasteiger partial charge in [-0.1, -0.05) is 78.4 Å². The van der Waals surface area contributed by atoms with Crippen molar-refractivity contribution in [1.29, 1.82) is 0 Å². The highest BCUT2D eigenvalue weighted by Crippen LogP contribution is 2.27. The van der Waals surface area contributed by atoms with Gasteiger partial charge < -0.3 is 15.0 Å². The van der Waals surface area contributed by atoms with Crippen LogP contribution >= 0.6 is 0 Å². The van der Waals surface area contributed by atoms with Crippen molar-refractivity contribution in [1.82, 2.24) is 10.2 Å². The summed E-state index contributed by atoms with van der Waals surface area (Å²) in [5.41, 5.74) is 2.49. The molecule has 0 radical (unpaired) electrons. The Morgan fingerprint density at radius 1 is 0.804 bits per heavy atom. The monoisotopic (exact) mass is 641 g/mol. The molecule has 2 amide bonds. The minimum Gasteiger partial charge on any atom is -0.494 e. The lowest BCUT2D eigenvalue weighted by molar-refractivity contribution is -0.140. The summed E-state index contributed by atoms with van der Waals surface area (Å²) in [5, 5.41) is 3.05. The van der Waals surface area contributed by atoms with Crippen LogP contribution in [0.5, 0.6) is 5.75 Å². The fraction of sp³-hybridized carbons (Fsp3) is 0.297. The minimum atomic E-state index is -4.18. The molecule has 4 aromatic rings. The van der Waals surface area contributed by atoms with Gasteiger partial charge >= 0.3 is 0 Å². The Balaban J connectivity index is 1.80. The molecule has 46 heavy (non-hydrogen) atoms. The molecule has 0 aromatic heterocycles. The van der Waals surface area contributed by atoms with Gasteiger partial charge in [0.2, 0.25) is 11.8 Å². The van der Waals surface area contributed by atoms with Gasteiger partial charge in [0, 0.05) is 18.5 Å². The molecule has 9 heteroatoms. The van der Waals surface area contributed by atoms with Crippen molar-refractivity contribution in [3.63, 3.8) is 0 Å². The van der Waals surface area contributed by atoms with Crippen molar-refractivity contribution in [3.8, 4) is 5.75 Å². The number of carbonyl (C=O) groups excluding carboxylic acids is 2. The second-order valence-electron chi connectivity index (χ2n) is 12.2. The van der Waals surface area contributed by atoms with Crippen LogP contribution in [0, 0.1) is 6.92 Å².